The molecule has 1 amide bonds. The molecule has 21 heavy (non-hydrogen) atoms. The van der Waals surface area contributed by atoms with Gasteiger partial charge in [-0.3, -0.25) is 4.79 Å². The maximum atomic E-state index is 12.4. The minimum absolute atomic E-state index is 0.0239. The summed E-state index contributed by atoms with van der Waals surface area (Å²) in [5.41, 5.74) is 1.67. The molecule has 112 valence electrons. The summed E-state index contributed by atoms with van der Waals surface area (Å²) < 4.78 is 2.11. The summed E-state index contributed by atoms with van der Waals surface area (Å²) in [4.78, 5) is 16.7. The molecule has 0 bridgehead atoms. The van der Waals surface area contributed by atoms with E-state index in [2.05, 4.69) is 20.2 Å². The number of amides is 1. The Morgan fingerprint density at radius 1 is 1.52 bits per heavy atom. The van der Waals surface area contributed by atoms with Gasteiger partial charge in [0.2, 0.25) is 0 Å². The van der Waals surface area contributed by atoms with Crippen LogP contribution in [-0.4, -0.2) is 28.5 Å². The van der Waals surface area contributed by atoms with Crippen LogP contribution in [0.1, 0.15) is 40.1 Å². The standard InChI is InChI=1S/C15H20N4OS/c1-11-18-12(10-21-11)9-17-15(20)14-3-2-8-19(14)13-4-6-16-7-5-13/h2-3,8,10,13,16H,4-7,9H2,1H3,(H,17,20). The molecule has 0 saturated carbocycles. The molecule has 0 atom stereocenters. The Kier molecular flexibility index (Phi) is 4.36. The van der Waals surface area contributed by atoms with Gasteiger partial charge in [-0.05, 0) is 45.0 Å². The van der Waals surface area contributed by atoms with Crippen LogP contribution in [0.15, 0.2) is 23.7 Å². The second-order valence-electron chi connectivity index (χ2n) is 5.32. The second kappa shape index (κ2) is 6.41. The first-order chi connectivity index (χ1) is 10.2. The van der Waals surface area contributed by atoms with Crippen LogP contribution in [0.2, 0.25) is 0 Å². The Morgan fingerprint density at radius 2 is 2.33 bits per heavy atom. The number of carbonyl (C=O) groups is 1. The van der Waals surface area contributed by atoms with Crippen molar-refractivity contribution >= 4 is 17.2 Å². The number of hydrogen-bond acceptors (Lipinski definition) is 4. The summed E-state index contributed by atoms with van der Waals surface area (Å²) in [6.45, 7) is 4.49. The molecule has 0 aliphatic carbocycles. The summed E-state index contributed by atoms with van der Waals surface area (Å²) in [5, 5.41) is 9.33. The summed E-state index contributed by atoms with van der Waals surface area (Å²) in [6, 6.07) is 4.26. The highest BCUT2D eigenvalue weighted by Gasteiger charge is 2.19. The van der Waals surface area contributed by atoms with E-state index in [1.54, 1.807) is 11.3 Å². The fourth-order valence-corrected chi connectivity index (χ4v) is 3.35. The average molecular weight is 304 g/mol. The quantitative estimate of drug-likeness (QED) is 0.909. The Morgan fingerprint density at radius 3 is 3.05 bits per heavy atom. The molecule has 0 radical (unpaired) electrons. The number of hydrogen-bond donors (Lipinski definition) is 2. The number of nitrogens with one attached hydrogen (secondary N) is 2. The van der Waals surface area contributed by atoms with Gasteiger partial charge in [0.05, 0.1) is 17.2 Å². The number of carbonyl (C=O) groups excluding carboxylic acids is 1. The molecule has 1 aliphatic heterocycles. The number of nitrogens with zero attached hydrogens (tertiary/aromatic N) is 2. The summed E-state index contributed by atoms with van der Waals surface area (Å²) in [7, 11) is 0. The van der Waals surface area contributed by atoms with Crippen molar-refractivity contribution in [2.24, 2.45) is 0 Å². The van der Waals surface area contributed by atoms with Crippen molar-refractivity contribution in [2.75, 3.05) is 13.1 Å². The first-order valence-electron chi connectivity index (χ1n) is 7.31. The highest BCUT2D eigenvalue weighted by molar-refractivity contribution is 7.09. The number of piperidine rings is 1. The molecule has 0 aromatic carbocycles. The van der Waals surface area contributed by atoms with Crippen LogP contribution in [-0.2, 0) is 6.54 Å². The summed E-state index contributed by atoms with van der Waals surface area (Å²) in [5.74, 6) is -0.0239. The maximum absolute atomic E-state index is 12.4. The van der Waals surface area contributed by atoms with Crippen molar-refractivity contribution in [3.63, 3.8) is 0 Å². The van der Waals surface area contributed by atoms with Crippen LogP contribution in [0.3, 0.4) is 0 Å². The number of rotatable bonds is 4. The Balaban J connectivity index is 1.65. The fraction of sp³-hybridized carbons (Fsp3) is 0.467. The van der Waals surface area contributed by atoms with Gasteiger partial charge in [-0.15, -0.1) is 11.3 Å². The fourth-order valence-electron chi connectivity index (χ4n) is 2.74. The third-order valence-electron chi connectivity index (χ3n) is 3.81. The average Bonchev–Trinajstić information content (AvgIpc) is 3.14. The first kappa shape index (κ1) is 14.3. The SMILES string of the molecule is Cc1nc(CNC(=O)c2cccn2C2CCNCC2)cs1. The number of thiazole rings is 1. The van der Waals surface area contributed by atoms with Crippen molar-refractivity contribution < 1.29 is 4.79 Å². The van der Waals surface area contributed by atoms with E-state index in [1.165, 1.54) is 0 Å². The Bertz CT molecular complexity index is 613. The smallest absolute Gasteiger partial charge is 0.268 e. The lowest BCUT2D eigenvalue weighted by Crippen LogP contribution is -2.32. The van der Waals surface area contributed by atoms with Crippen LogP contribution in [0.25, 0.3) is 0 Å². The van der Waals surface area contributed by atoms with Gasteiger partial charge < -0.3 is 15.2 Å². The Labute approximate surface area is 128 Å². The molecule has 0 spiro atoms. The molecule has 2 aromatic rings. The topological polar surface area (TPSA) is 59.0 Å². The largest absolute Gasteiger partial charge is 0.345 e. The van der Waals surface area contributed by atoms with Crippen molar-refractivity contribution in [3.05, 3.63) is 40.1 Å². The van der Waals surface area contributed by atoms with Gasteiger partial charge in [0.15, 0.2) is 0 Å². The first-order valence-corrected chi connectivity index (χ1v) is 8.19. The minimum Gasteiger partial charge on any atom is -0.345 e. The van der Waals surface area contributed by atoms with E-state index < -0.39 is 0 Å². The van der Waals surface area contributed by atoms with Gasteiger partial charge in [-0.1, -0.05) is 0 Å². The molecule has 2 aromatic heterocycles. The van der Waals surface area contributed by atoms with Crippen LogP contribution in [0.4, 0.5) is 0 Å². The molecule has 1 fully saturated rings. The summed E-state index contributed by atoms with van der Waals surface area (Å²) in [6.07, 6.45) is 4.15. The van der Waals surface area contributed by atoms with Crippen LogP contribution in [0.5, 0.6) is 0 Å². The predicted octanol–water partition coefficient (Wildman–Crippen LogP) is 2.11. The lowest BCUT2D eigenvalue weighted by molar-refractivity contribution is 0.0937. The minimum atomic E-state index is -0.0239. The van der Waals surface area contributed by atoms with Crippen molar-refractivity contribution in [1.82, 2.24) is 20.2 Å². The van der Waals surface area contributed by atoms with Crippen LogP contribution < -0.4 is 10.6 Å². The lowest BCUT2D eigenvalue weighted by Gasteiger charge is -2.25. The van der Waals surface area contributed by atoms with E-state index in [1.807, 2.05) is 30.6 Å². The summed E-state index contributed by atoms with van der Waals surface area (Å²) >= 11 is 1.60. The molecule has 1 saturated heterocycles. The van der Waals surface area contributed by atoms with Gasteiger partial charge in [-0.2, -0.15) is 0 Å². The van der Waals surface area contributed by atoms with E-state index in [4.69, 9.17) is 0 Å². The zero-order chi connectivity index (χ0) is 14.7. The normalized spacial score (nSPS) is 16.0. The van der Waals surface area contributed by atoms with Crippen molar-refractivity contribution in [3.8, 4) is 0 Å². The Hall–Kier alpha value is -1.66. The monoisotopic (exact) mass is 304 g/mol. The highest BCUT2D eigenvalue weighted by atomic mass is 32.1. The molecule has 3 rings (SSSR count). The lowest BCUT2D eigenvalue weighted by atomic mass is 10.1. The molecule has 6 heteroatoms. The van der Waals surface area contributed by atoms with E-state index >= 15 is 0 Å². The second-order valence-corrected chi connectivity index (χ2v) is 6.38. The molecule has 0 unspecified atom stereocenters. The van der Waals surface area contributed by atoms with E-state index in [0.717, 1.165) is 42.3 Å². The predicted molar refractivity (Wildman–Crippen MR) is 83.6 cm³/mol. The van der Waals surface area contributed by atoms with E-state index in [-0.39, 0.29) is 5.91 Å². The third kappa shape index (κ3) is 3.33. The molecular formula is C15H20N4OS. The van der Waals surface area contributed by atoms with Gasteiger partial charge in [0.1, 0.15) is 5.69 Å². The third-order valence-corrected chi connectivity index (χ3v) is 4.63. The van der Waals surface area contributed by atoms with Crippen LogP contribution in [0, 0.1) is 6.92 Å². The molecular weight excluding hydrogens is 284 g/mol. The van der Waals surface area contributed by atoms with Gasteiger partial charge in [-0.25, -0.2) is 4.98 Å². The highest BCUT2D eigenvalue weighted by Crippen LogP contribution is 2.21. The van der Waals surface area contributed by atoms with E-state index in [9.17, 15) is 4.79 Å². The maximum Gasteiger partial charge on any atom is 0.268 e. The zero-order valence-electron chi connectivity index (χ0n) is 12.1. The van der Waals surface area contributed by atoms with Crippen LogP contribution >= 0.6 is 11.3 Å². The molecule has 3 heterocycles. The zero-order valence-corrected chi connectivity index (χ0v) is 12.9. The number of aryl methyl sites for hydroxylation is 1. The van der Waals surface area contributed by atoms with E-state index in [0.29, 0.717) is 12.6 Å². The van der Waals surface area contributed by atoms with Gasteiger partial charge in [0.25, 0.3) is 5.91 Å². The molecule has 5 nitrogen and oxygen atoms in total. The van der Waals surface area contributed by atoms with Gasteiger partial charge >= 0.3 is 0 Å². The molecule has 2 N–H and O–H groups in total. The van der Waals surface area contributed by atoms with Crippen molar-refractivity contribution in [2.45, 2.75) is 32.4 Å². The van der Waals surface area contributed by atoms with Gasteiger partial charge in [0, 0.05) is 17.6 Å². The molecule has 1 aliphatic rings. The van der Waals surface area contributed by atoms with Crippen molar-refractivity contribution in [1.29, 1.82) is 0 Å². The number of aromatic nitrogens is 2.